The first-order valence-electron chi connectivity index (χ1n) is 27.0. The van der Waals surface area contributed by atoms with E-state index < -0.39 is 30.6 Å². The van der Waals surface area contributed by atoms with Gasteiger partial charge >= 0.3 is 0 Å². The van der Waals surface area contributed by atoms with Gasteiger partial charge in [0.25, 0.3) is 8.32 Å². The van der Waals surface area contributed by atoms with Gasteiger partial charge in [-0.1, -0.05) is 177 Å². The topological polar surface area (TPSA) is 79.2 Å². The quantitative estimate of drug-likeness (QED) is 0.0524. The van der Waals surface area contributed by atoms with Gasteiger partial charge in [0.15, 0.2) is 22.2 Å². The predicted octanol–water partition coefficient (Wildman–Crippen LogP) is 15.8. The second-order valence-corrected chi connectivity index (χ2v) is 41.9. The molecule has 3 aromatic rings. The Morgan fingerprint density at radius 1 is 0.770 bits per heavy atom. The van der Waals surface area contributed by atoms with Gasteiger partial charge in [-0.2, -0.15) is 5.26 Å². The van der Waals surface area contributed by atoms with Crippen LogP contribution in [0.15, 0.2) is 133 Å². The van der Waals surface area contributed by atoms with Crippen LogP contribution in [0.25, 0.3) is 0 Å². The molecule has 2 fully saturated rings. The first-order valence-corrected chi connectivity index (χ1v) is 36.7. The molecule has 0 radical (unpaired) electrons. The Balaban J connectivity index is 1.41. The summed E-state index contributed by atoms with van der Waals surface area (Å²) in [4.78, 5) is 0. The molecule has 1 spiro atoms. The minimum Gasteiger partial charge on any atom is -0.497 e. The van der Waals surface area contributed by atoms with E-state index in [1.54, 1.807) is 7.11 Å². The molecule has 0 aromatic heterocycles. The number of nitriles is 1. The van der Waals surface area contributed by atoms with Gasteiger partial charge in [-0.3, -0.25) is 0 Å². The zero-order valence-corrected chi connectivity index (χ0v) is 52.9. The predicted molar refractivity (Wildman–Crippen MR) is 325 cm³/mol. The summed E-state index contributed by atoms with van der Waals surface area (Å²) < 4.78 is 40.6. The number of hydrogen-bond acceptors (Lipinski definition) is 9. The van der Waals surface area contributed by atoms with Gasteiger partial charge in [-0.15, -0.1) is 23.5 Å². The summed E-state index contributed by atoms with van der Waals surface area (Å²) in [6, 6.07) is 32.6. The van der Waals surface area contributed by atoms with Crippen LogP contribution in [0.1, 0.15) is 120 Å². The van der Waals surface area contributed by atoms with Gasteiger partial charge in [-0.05, 0) is 126 Å². The number of benzene rings is 3. The van der Waals surface area contributed by atoms with Crippen molar-refractivity contribution in [1.82, 2.24) is 0 Å². The molecule has 3 aromatic carbocycles. The van der Waals surface area contributed by atoms with Gasteiger partial charge in [0, 0.05) is 12.8 Å². The van der Waals surface area contributed by atoms with Gasteiger partial charge < -0.3 is 27.5 Å². The van der Waals surface area contributed by atoms with Crippen LogP contribution in [0, 0.1) is 11.3 Å². The first kappa shape index (κ1) is 61.9. The Kier molecular flexibility index (Phi) is 22.3. The van der Waals surface area contributed by atoms with Crippen LogP contribution in [0.4, 0.5) is 0 Å². The van der Waals surface area contributed by atoms with Crippen molar-refractivity contribution in [2.45, 2.75) is 191 Å². The molecule has 0 bridgehead atoms. The summed E-state index contributed by atoms with van der Waals surface area (Å²) in [5, 5.41) is 13.5. The summed E-state index contributed by atoms with van der Waals surface area (Å²) >= 11 is 4.23. The number of rotatable bonds is 23. The van der Waals surface area contributed by atoms with Crippen molar-refractivity contribution in [2.24, 2.45) is 0 Å². The molecular weight excluding hydrogens is 1000 g/mol. The number of ether oxygens (including phenoxy) is 3. The summed E-state index contributed by atoms with van der Waals surface area (Å²) in [5.74, 6) is 3.14. The molecular formula is C62H93NO6S2Si3. The Morgan fingerprint density at radius 2 is 1.36 bits per heavy atom. The molecule has 12 heteroatoms. The van der Waals surface area contributed by atoms with Crippen LogP contribution < -0.4 is 15.1 Å². The molecule has 4 atom stereocenters. The Labute approximate surface area is 461 Å². The summed E-state index contributed by atoms with van der Waals surface area (Å²) in [5.41, 5.74) is 2.30. The van der Waals surface area contributed by atoms with Crippen molar-refractivity contribution < 1.29 is 27.5 Å². The lowest BCUT2D eigenvalue weighted by atomic mass is 9.94. The molecule has 2 aliphatic heterocycles. The summed E-state index contributed by atoms with van der Waals surface area (Å²) in [6.45, 7) is 35.4. The normalized spacial score (nSPS) is 19.9. The zero-order valence-electron chi connectivity index (χ0n) is 48.3. The van der Waals surface area contributed by atoms with Crippen LogP contribution in [0.2, 0.25) is 41.3 Å². The molecule has 2 aliphatic rings. The van der Waals surface area contributed by atoms with Crippen LogP contribution in [-0.4, -0.2) is 84.8 Å². The highest BCUT2D eigenvalue weighted by Crippen LogP contribution is 2.52. The Hall–Kier alpha value is -2.94. The highest BCUT2D eigenvalue weighted by atomic mass is 32.2. The zero-order chi connectivity index (χ0) is 54.5. The summed E-state index contributed by atoms with van der Waals surface area (Å²) in [7, 11) is -5.36. The second kappa shape index (κ2) is 26.6. The van der Waals surface area contributed by atoms with Gasteiger partial charge in [-0.25, -0.2) is 0 Å². The minimum absolute atomic E-state index is 0.0162. The molecule has 2 heterocycles. The minimum atomic E-state index is -2.83. The monoisotopic (exact) mass is 1100 g/mol. The van der Waals surface area contributed by atoms with Crippen molar-refractivity contribution in [3.63, 3.8) is 0 Å². The van der Waals surface area contributed by atoms with E-state index in [-0.39, 0.29) is 37.5 Å². The van der Waals surface area contributed by atoms with E-state index in [0.717, 1.165) is 41.2 Å². The highest BCUT2D eigenvalue weighted by molar-refractivity contribution is 8.18. The number of nitrogens with zero attached hydrogens (tertiary/aromatic N) is 1. The lowest BCUT2D eigenvalue weighted by molar-refractivity contribution is -0.0257. The molecule has 74 heavy (non-hydrogen) atoms. The molecule has 0 aliphatic carbocycles. The van der Waals surface area contributed by atoms with E-state index in [1.807, 2.05) is 12.1 Å². The largest absolute Gasteiger partial charge is 0.497 e. The number of thioether (sulfide) groups is 2. The number of allylic oxidation sites excluding steroid dienone is 2. The molecule has 1 unspecified atom stereocenters. The molecule has 2 saturated heterocycles. The molecule has 0 amide bonds. The van der Waals surface area contributed by atoms with Crippen LogP contribution in [-0.2, 0) is 29.4 Å². The molecule has 5 rings (SSSR count). The molecule has 7 nitrogen and oxygen atoms in total. The fourth-order valence-electron chi connectivity index (χ4n) is 9.48. The highest BCUT2D eigenvalue weighted by Gasteiger charge is 2.51. The third-order valence-corrected chi connectivity index (χ3v) is 33.0. The lowest BCUT2D eigenvalue weighted by Crippen LogP contribution is -2.67. The first-order chi connectivity index (χ1) is 34.7. The van der Waals surface area contributed by atoms with E-state index >= 15 is 0 Å². The molecule has 0 saturated carbocycles. The third-order valence-electron chi connectivity index (χ3n) is 15.6. The second-order valence-electron chi connectivity index (χ2n) is 24.8. The van der Waals surface area contributed by atoms with E-state index in [4.69, 9.17) is 27.5 Å². The molecule has 406 valence electrons. The van der Waals surface area contributed by atoms with Gasteiger partial charge in [0.05, 0.1) is 49.3 Å². The van der Waals surface area contributed by atoms with E-state index in [1.165, 1.54) is 22.4 Å². The van der Waals surface area contributed by atoms with Crippen LogP contribution >= 0.6 is 23.5 Å². The van der Waals surface area contributed by atoms with Crippen molar-refractivity contribution in [1.29, 1.82) is 5.26 Å². The van der Waals surface area contributed by atoms with E-state index in [2.05, 4.69) is 241 Å². The SMILES string of the molecule is COc1ccc(CO[C@@H](CO[Si](c2ccccc2)(c2ccccc2)C(C)(C)C)C/C(C)=C/[C@H]2CC3(C[C@@H](C/C=C/C(C#N)(C/C(C)=C\C=C\CO[Si](C)(C)C(C)(C)C)O[Si](C)(C)C(C)(C)C)O2)SCCCS3)cc1. The van der Waals surface area contributed by atoms with Crippen LogP contribution in [0.3, 0.4) is 0 Å². The maximum absolute atomic E-state index is 11.1. The average molecular weight is 1100 g/mol. The Morgan fingerprint density at radius 3 is 1.91 bits per heavy atom. The molecule has 0 N–H and O–H groups in total. The Bertz CT molecular complexity index is 2330. The van der Waals surface area contributed by atoms with Crippen molar-refractivity contribution in [2.75, 3.05) is 31.8 Å². The average Bonchev–Trinajstić information content (AvgIpc) is 3.32. The summed E-state index contributed by atoms with van der Waals surface area (Å²) in [6.07, 6.45) is 17.6. The number of hydrogen-bond donors (Lipinski definition) is 0. The van der Waals surface area contributed by atoms with Crippen LogP contribution in [0.5, 0.6) is 5.75 Å². The van der Waals surface area contributed by atoms with Crippen molar-refractivity contribution >= 4 is 58.8 Å². The lowest BCUT2D eigenvalue weighted by Gasteiger charge is -2.45. The third kappa shape index (κ3) is 17.0. The maximum Gasteiger partial charge on any atom is 0.261 e. The van der Waals surface area contributed by atoms with Crippen molar-refractivity contribution in [3.8, 4) is 11.8 Å². The number of methoxy groups -OCH3 is 1. The van der Waals surface area contributed by atoms with Gasteiger partial charge in [0.1, 0.15) is 11.8 Å². The smallest absolute Gasteiger partial charge is 0.261 e. The standard InChI is InChI=1S/C62H93NO6S2Si3/c1-49(27-23-24-38-66-72(13,14)58(3,4)5)43-61(48-63,69-73(15,16)59(6,7)8)37-25-28-53-44-62(70-39-26-40-71-62)45-54(68-53)41-50(2)42-55(65-46-51-33-35-52(64-12)36-34-51)47-67-74(60(9,10)11,56-29-19-17-20-30-56)57-31-21-18-22-32-57/h17-25,27,29-37,41,53-55H,26,28,38-40,42-47H2,1-16H3/b24-23+,37-25+,49-27-,50-41+/t53-,54+,55-,61?/m1/s1. The van der Waals surface area contributed by atoms with Crippen molar-refractivity contribution in [3.05, 3.63) is 138 Å². The fourth-order valence-corrected chi connectivity index (χ4v) is 19.9. The fraction of sp³-hybridized carbons (Fsp3) is 0.565. The maximum atomic E-state index is 11.1. The van der Waals surface area contributed by atoms with E-state index in [9.17, 15) is 5.26 Å². The van der Waals surface area contributed by atoms with Gasteiger partial charge in [0.2, 0.25) is 0 Å². The van der Waals surface area contributed by atoms with E-state index in [0.29, 0.717) is 39.1 Å².